The molecule has 1 aromatic rings. The maximum absolute atomic E-state index is 12.6. The first-order valence-corrected chi connectivity index (χ1v) is 7.69. The highest BCUT2D eigenvalue weighted by Crippen LogP contribution is 2.35. The average Bonchev–Trinajstić information content (AvgIpc) is 2.49. The number of benzene rings is 1. The zero-order valence-electron chi connectivity index (χ0n) is 13.1. The third kappa shape index (κ3) is 3.76. The third-order valence-electron chi connectivity index (χ3n) is 4.18. The van der Waals surface area contributed by atoms with E-state index in [0.717, 1.165) is 30.7 Å². The molecule has 4 heteroatoms. The first kappa shape index (κ1) is 15.8. The molecule has 0 heterocycles. The van der Waals surface area contributed by atoms with Crippen LogP contribution in [0.15, 0.2) is 24.3 Å². The van der Waals surface area contributed by atoms with Crippen molar-refractivity contribution < 1.29 is 14.3 Å². The highest BCUT2D eigenvalue weighted by Gasteiger charge is 2.41. The summed E-state index contributed by atoms with van der Waals surface area (Å²) in [5.41, 5.74) is 0.0918. The summed E-state index contributed by atoms with van der Waals surface area (Å²) in [4.78, 5) is 12.6. The van der Waals surface area contributed by atoms with E-state index in [1.807, 2.05) is 31.2 Å². The van der Waals surface area contributed by atoms with Crippen molar-refractivity contribution in [1.82, 2.24) is 0 Å². The fraction of sp³-hybridized carbons (Fsp3) is 0.588. The number of carbonyl (C=O) groups is 1. The Kier molecular flexibility index (Phi) is 5.23. The lowest BCUT2D eigenvalue weighted by Gasteiger charge is -2.37. The molecule has 21 heavy (non-hydrogen) atoms. The van der Waals surface area contributed by atoms with Crippen LogP contribution in [0.5, 0.6) is 5.75 Å². The van der Waals surface area contributed by atoms with E-state index in [2.05, 4.69) is 12.2 Å². The van der Waals surface area contributed by atoms with Crippen molar-refractivity contribution in [2.75, 3.05) is 19.0 Å². The van der Waals surface area contributed by atoms with Crippen LogP contribution in [0.4, 0.5) is 5.69 Å². The summed E-state index contributed by atoms with van der Waals surface area (Å²) < 4.78 is 11.0. The van der Waals surface area contributed by atoms with Crippen LogP contribution in [0.3, 0.4) is 0 Å². The molecule has 1 N–H and O–H groups in total. The van der Waals surface area contributed by atoms with E-state index in [0.29, 0.717) is 12.5 Å². The van der Waals surface area contributed by atoms with Gasteiger partial charge in [-0.25, -0.2) is 0 Å². The van der Waals surface area contributed by atoms with Crippen molar-refractivity contribution in [3.05, 3.63) is 24.3 Å². The number of methoxy groups -OCH3 is 1. The minimum atomic E-state index is -0.684. The summed E-state index contributed by atoms with van der Waals surface area (Å²) in [6.45, 7) is 4.76. The molecule has 1 amide bonds. The molecule has 1 fully saturated rings. The van der Waals surface area contributed by atoms with Crippen molar-refractivity contribution >= 4 is 11.6 Å². The van der Waals surface area contributed by atoms with Gasteiger partial charge in [-0.2, -0.15) is 0 Å². The van der Waals surface area contributed by atoms with Gasteiger partial charge in [-0.15, -0.1) is 0 Å². The van der Waals surface area contributed by atoms with Gasteiger partial charge < -0.3 is 14.8 Å². The van der Waals surface area contributed by atoms with Crippen LogP contribution in [0.25, 0.3) is 0 Å². The quantitative estimate of drug-likeness (QED) is 0.901. The van der Waals surface area contributed by atoms with E-state index >= 15 is 0 Å². The predicted octanol–water partition coefficient (Wildman–Crippen LogP) is 3.62. The lowest BCUT2D eigenvalue weighted by molar-refractivity contribution is -0.143. The summed E-state index contributed by atoms with van der Waals surface area (Å²) in [6, 6.07) is 7.45. The van der Waals surface area contributed by atoms with E-state index in [9.17, 15) is 4.79 Å². The molecule has 0 spiro atoms. The number of anilines is 1. The van der Waals surface area contributed by atoms with E-state index in [1.165, 1.54) is 6.42 Å². The van der Waals surface area contributed by atoms with Crippen LogP contribution in [0.1, 0.15) is 39.5 Å². The molecular weight excluding hydrogens is 266 g/mol. The molecule has 0 saturated heterocycles. The second kappa shape index (κ2) is 6.94. The molecule has 0 bridgehead atoms. The first-order valence-electron chi connectivity index (χ1n) is 7.69. The highest BCUT2D eigenvalue weighted by atomic mass is 16.5. The monoisotopic (exact) mass is 291 g/mol. The number of nitrogens with one attached hydrogen (secondary N) is 1. The SMILES string of the molecule is CCOc1ccc(NC(=O)[C@@]2(OC)CCC[C@H](C)C2)cc1. The second-order valence-corrected chi connectivity index (χ2v) is 5.81. The molecule has 2 atom stereocenters. The van der Waals surface area contributed by atoms with E-state index in [4.69, 9.17) is 9.47 Å². The van der Waals surface area contributed by atoms with Gasteiger partial charge >= 0.3 is 0 Å². The highest BCUT2D eigenvalue weighted by molar-refractivity contribution is 5.97. The van der Waals surface area contributed by atoms with Gasteiger partial charge in [0.1, 0.15) is 11.4 Å². The second-order valence-electron chi connectivity index (χ2n) is 5.81. The molecule has 116 valence electrons. The normalized spacial score (nSPS) is 25.4. The molecule has 0 aromatic heterocycles. The van der Waals surface area contributed by atoms with Crippen molar-refractivity contribution in [3.63, 3.8) is 0 Å². The standard InChI is InChI=1S/C17H25NO3/c1-4-21-15-9-7-14(8-10-15)18-16(19)17(20-3)11-5-6-13(2)12-17/h7-10,13H,4-6,11-12H2,1-3H3,(H,18,19)/t13-,17+/m0/s1. The number of ether oxygens (including phenoxy) is 2. The molecule has 4 nitrogen and oxygen atoms in total. The van der Waals surface area contributed by atoms with Crippen LogP contribution >= 0.6 is 0 Å². The van der Waals surface area contributed by atoms with Gasteiger partial charge in [-0.1, -0.05) is 13.3 Å². The Morgan fingerprint density at radius 2 is 2.10 bits per heavy atom. The molecule has 0 unspecified atom stereocenters. The van der Waals surface area contributed by atoms with Crippen LogP contribution in [-0.2, 0) is 9.53 Å². The van der Waals surface area contributed by atoms with Crippen LogP contribution in [0, 0.1) is 5.92 Å². The Bertz CT molecular complexity index is 471. The van der Waals surface area contributed by atoms with Gasteiger partial charge in [-0.3, -0.25) is 4.79 Å². The van der Waals surface area contributed by atoms with Gasteiger partial charge in [-0.05, 0) is 56.4 Å². The fourth-order valence-corrected chi connectivity index (χ4v) is 3.03. The Morgan fingerprint density at radius 3 is 2.67 bits per heavy atom. The number of hydrogen-bond donors (Lipinski definition) is 1. The summed E-state index contributed by atoms with van der Waals surface area (Å²) in [6.07, 6.45) is 3.77. The van der Waals surface area contributed by atoms with Crippen molar-refractivity contribution in [2.45, 2.75) is 45.1 Å². The molecule has 0 aliphatic heterocycles. The van der Waals surface area contributed by atoms with Gasteiger partial charge in [0.15, 0.2) is 0 Å². The zero-order chi connectivity index (χ0) is 15.3. The molecule has 0 radical (unpaired) electrons. The largest absolute Gasteiger partial charge is 0.494 e. The third-order valence-corrected chi connectivity index (χ3v) is 4.18. The van der Waals surface area contributed by atoms with E-state index < -0.39 is 5.60 Å². The van der Waals surface area contributed by atoms with Gasteiger partial charge in [0.2, 0.25) is 0 Å². The molecule has 2 rings (SSSR count). The van der Waals surface area contributed by atoms with Crippen molar-refractivity contribution in [1.29, 1.82) is 0 Å². The molecule has 1 aliphatic carbocycles. The van der Waals surface area contributed by atoms with Crippen molar-refractivity contribution in [2.24, 2.45) is 5.92 Å². The Balaban J connectivity index is 2.05. The van der Waals surface area contributed by atoms with Crippen LogP contribution < -0.4 is 10.1 Å². The predicted molar refractivity (Wildman–Crippen MR) is 83.6 cm³/mol. The number of hydrogen-bond acceptors (Lipinski definition) is 3. The van der Waals surface area contributed by atoms with Gasteiger partial charge in [0, 0.05) is 12.8 Å². The van der Waals surface area contributed by atoms with Crippen molar-refractivity contribution in [3.8, 4) is 5.75 Å². The lowest BCUT2D eigenvalue weighted by atomic mass is 9.78. The molecule has 1 aromatic carbocycles. The molecule has 1 aliphatic rings. The zero-order valence-corrected chi connectivity index (χ0v) is 13.1. The molecule has 1 saturated carbocycles. The summed E-state index contributed by atoms with van der Waals surface area (Å²) in [5, 5.41) is 2.97. The number of carbonyl (C=O) groups excluding carboxylic acids is 1. The summed E-state index contributed by atoms with van der Waals surface area (Å²) in [5.74, 6) is 1.29. The number of amides is 1. The average molecular weight is 291 g/mol. The molecular formula is C17H25NO3. The van der Waals surface area contributed by atoms with E-state index in [-0.39, 0.29) is 5.91 Å². The van der Waals surface area contributed by atoms with Gasteiger partial charge in [0.05, 0.1) is 6.61 Å². The summed E-state index contributed by atoms with van der Waals surface area (Å²) in [7, 11) is 1.63. The summed E-state index contributed by atoms with van der Waals surface area (Å²) >= 11 is 0. The maximum atomic E-state index is 12.6. The van der Waals surface area contributed by atoms with Gasteiger partial charge in [0.25, 0.3) is 5.91 Å². The van der Waals surface area contributed by atoms with E-state index in [1.54, 1.807) is 7.11 Å². The topological polar surface area (TPSA) is 47.6 Å². The number of rotatable bonds is 5. The van der Waals surface area contributed by atoms with Crippen LogP contribution in [0.2, 0.25) is 0 Å². The Morgan fingerprint density at radius 1 is 1.38 bits per heavy atom. The maximum Gasteiger partial charge on any atom is 0.256 e. The lowest BCUT2D eigenvalue weighted by Crippen LogP contribution is -2.47. The minimum Gasteiger partial charge on any atom is -0.494 e. The Labute approximate surface area is 126 Å². The fourth-order valence-electron chi connectivity index (χ4n) is 3.03. The Hall–Kier alpha value is -1.55. The first-order chi connectivity index (χ1) is 10.1. The van der Waals surface area contributed by atoms with Crippen LogP contribution in [-0.4, -0.2) is 25.2 Å². The minimum absolute atomic E-state index is 0.0410. The smallest absolute Gasteiger partial charge is 0.256 e.